The molecule has 7 nitrogen and oxygen atoms in total. The number of furan rings is 1. The molecule has 35 heavy (non-hydrogen) atoms. The second-order valence-electron chi connectivity index (χ2n) is 9.36. The number of nitrogens with zero attached hydrogens (tertiary/aromatic N) is 3. The van der Waals surface area contributed by atoms with Crippen molar-refractivity contribution >= 4 is 44.5 Å². The highest BCUT2D eigenvalue weighted by Gasteiger charge is 2.22. The fraction of sp³-hybridized carbons (Fsp3) is 0.444. The molecule has 2 aromatic carbocycles. The summed E-state index contributed by atoms with van der Waals surface area (Å²) in [6, 6.07) is 13.7. The van der Waals surface area contributed by atoms with Gasteiger partial charge in [0.25, 0.3) is 0 Å². The molecule has 3 heterocycles. The Balaban J connectivity index is 1.13. The summed E-state index contributed by atoms with van der Waals surface area (Å²) in [5.74, 6) is 1.60. The van der Waals surface area contributed by atoms with Crippen LogP contribution < -0.4 is 20.3 Å². The summed E-state index contributed by atoms with van der Waals surface area (Å²) < 4.78 is 12.9. The van der Waals surface area contributed by atoms with E-state index in [1.807, 2.05) is 24.3 Å². The van der Waals surface area contributed by atoms with Gasteiger partial charge in [0.2, 0.25) is 5.88 Å². The lowest BCUT2D eigenvalue weighted by Gasteiger charge is -2.28. The number of nitrogens with two attached hydrogens (primary N) is 1. The molecule has 186 valence electrons. The maximum atomic E-state index is 12.1. The van der Waals surface area contributed by atoms with E-state index >= 15 is 0 Å². The molecule has 3 aromatic rings. The van der Waals surface area contributed by atoms with Crippen molar-refractivity contribution in [2.24, 2.45) is 5.73 Å². The minimum Gasteiger partial charge on any atom is -0.491 e. The maximum Gasteiger partial charge on any atom is 0.321 e. The number of benzene rings is 2. The van der Waals surface area contributed by atoms with Gasteiger partial charge in [-0.05, 0) is 75.0 Å². The van der Waals surface area contributed by atoms with E-state index in [1.165, 1.54) is 16.2 Å². The van der Waals surface area contributed by atoms with Crippen molar-refractivity contribution in [3.8, 4) is 5.75 Å². The highest BCUT2D eigenvalue weighted by Crippen LogP contribution is 2.36. The van der Waals surface area contributed by atoms with Gasteiger partial charge < -0.3 is 24.7 Å². The number of anilines is 2. The quantitative estimate of drug-likeness (QED) is 0.406. The van der Waals surface area contributed by atoms with Crippen LogP contribution in [-0.4, -0.2) is 56.8 Å². The summed E-state index contributed by atoms with van der Waals surface area (Å²) in [5, 5.41) is 0.944. The highest BCUT2D eigenvalue weighted by atomic mass is 79.9. The van der Waals surface area contributed by atoms with E-state index in [4.69, 9.17) is 14.9 Å². The van der Waals surface area contributed by atoms with Crippen LogP contribution in [-0.2, 0) is 6.42 Å². The first-order chi connectivity index (χ1) is 17.1. The predicted octanol–water partition coefficient (Wildman–Crippen LogP) is 5.40. The summed E-state index contributed by atoms with van der Waals surface area (Å²) in [5.41, 5.74) is 9.01. The number of para-hydroxylation sites is 1. The molecular weight excluding hydrogens is 508 g/mol. The van der Waals surface area contributed by atoms with Crippen LogP contribution >= 0.6 is 15.9 Å². The van der Waals surface area contributed by atoms with Crippen molar-refractivity contribution in [2.75, 3.05) is 55.7 Å². The van der Waals surface area contributed by atoms with Crippen molar-refractivity contribution < 1.29 is 13.9 Å². The number of aryl methyl sites for hydroxylation is 1. The molecule has 1 saturated heterocycles. The minimum atomic E-state index is -0.484. The summed E-state index contributed by atoms with van der Waals surface area (Å²) in [6.07, 6.45) is 5.21. The zero-order valence-corrected chi connectivity index (χ0v) is 21.6. The molecule has 0 radical (unpaired) electrons. The average Bonchev–Trinajstić information content (AvgIpc) is 3.12. The van der Waals surface area contributed by atoms with Gasteiger partial charge in [0, 0.05) is 42.1 Å². The molecule has 2 N–H and O–H groups in total. The van der Waals surface area contributed by atoms with Crippen LogP contribution in [0.25, 0.3) is 11.0 Å². The number of hydrogen-bond acceptors (Lipinski definition) is 5. The lowest BCUT2D eigenvalue weighted by Crippen LogP contribution is -2.37. The number of primary amides is 1. The SMILES string of the molecule is NC(=O)N(CCCCN1CCCN(c2cccc3c2OCCC3)CC1)c1cc2cc(Br)ccc2o1. The molecule has 8 heteroatoms. The highest BCUT2D eigenvalue weighted by molar-refractivity contribution is 9.10. The van der Waals surface area contributed by atoms with Crippen molar-refractivity contribution in [3.05, 3.63) is 52.5 Å². The van der Waals surface area contributed by atoms with Gasteiger partial charge in [-0.2, -0.15) is 0 Å². The van der Waals surface area contributed by atoms with E-state index in [0.29, 0.717) is 12.4 Å². The van der Waals surface area contributed by atoms with Crippen LogP contribution in [0.1, 0.15) is 31.2 Å². The van der Waals surface area contributed by atoms with Crippen LogP contribution in [0.2, 0.25) is 0 Å². The molecule has 2 amide bonds. The molecular formula is C27H33BrN4O3. The predicted molar refractivity (Wildman–Crippen MR) is 144 cm³/mol. The Hall–Kier alpha value is -2.71. The molecule has 0 bridgehead atoms. The first-order valence-electron chi connectivity index (χ1n) is 12.6. The van der Waals surface area contributed by atoms with E-state index in [0.717, 1.165) is 92.6 Å². The molecule has 0 unspecified atom stereocenters. The summed E-state index contributed by atoms with van der Waals surface area (Å²) in [6.45, 7) is 6.54. The summed E-state index contributed by atoms with van der Waals surface area (Å²) in [4.78, 5) is 18.7. The van der Waals surface area contributed by atoms with Crippen molar-refractivity contribution in [1.29, 1.82) is 0 Å². The van der Waals surface area contributed by atoms with E-state index < -0.39 is 6.03 Å². The topological polar surface area (TPSA) is 75.2 Å². The van der Waals surface area contributed by atoms with E-state index in [-0.39, 0.29) is 0 Å². The number of rotatable bonds is 7. The number of hydrogen-bond donors (Lipinski definition) is 1. The Labute approximate surface area is 214 Å². The number of unbranched alkanes of at least 4 members (excludes halogenated alkanes) is 1. The maximum absolute atomic E-state index is 12.1. The number of urea groups is 1. The molecule has 2 aliphatic rings. The zero-order chi connectivity index (χ0) is 24.2. The Bertz CT molecular complexity index is 1180. The molecule has 5 rings (SSSR count). The van der Waals surface area contributed by atoms with Gasteiger partial charge in [-0.25, -0.2) is 4.79 Å². The number of carbonyl (C=O) groups excluding carboxylic acids is 1. The molecule has 1 aromatic heterocycles. The second-order valence-corrected chi connectivity index (χ2v) is 10.3. The van der Waals surface area contributed by atoms with Crippen LogP contribution in [0.4, 0.5) is 16.4 Å². The van der Waals surface area contributed by atoms with E-state index in [1.54, 1.807) is 0 Å². The van der Waals surface area contributed by atoms with Crippen LogP contribution in [0.5, 0.6) is 5.75 Å². The van der Waals surface area contributed by atoms with Gasteiger partial charge in [-0.1, -0.05) is 28.1 Å². The molecule has 0 spiro atoms. The third-order valence-electron chi connectivity index (χ3n) is 6.95. The Kier molecular flexibility index (Phi) is 7.48. The first kappa shape index (κ1) is 24.0. The zero-order valence-electron chi connectivity index (χ0n) is 20.0. The fourth-order valence-electron chi connectivity index (χ4n) is 5.12. The van der Waals surface area contributed by atoms with Gasteiger partial charge >= 0.3 is 6.03 Å². The molecule has 0 aliphatic carbocycles. The first-order valence-corrected chi connectivity index (χ1v) is 13.4. The smallest absolute Gasteiger partial charge is 0.321 e. The minimum absolute atomic E-state index is 0.484. The van der Waals surface area contributed by atoms with Gasteiger partial charge in [-0.3, -0.25) is 4.90 Å². The summed E-state index contributed by atoms with van der Waals surface area (Å²) in [7, 11) is 0. The van der Waals surface area contributed by atoms with Gasteiger partial charge in [0.15, 0.2) is 0 Å². The van der Waals surface area contributed by atoms with Crippen LogP contribution in [0, 0.1) is 0 Å². The van der Waals surface area contributed by atoms with Crippen molar-refractivity contribution in [1.82, 2.24) is 4.90 Å². The number of fused-ring (bicyclic) bond motifs is 2. The van der Waals surface area contributed by atoms with E-state index in [2.05, 4.69) is 43.9 Å². The average molecular weight is 541 g/mol. The summed E-state index contributed by atoms with van der Waals surface area (Å²) >= 11 is 3.47. The van der Waals surface area contributed by atoms with Crippen LogP contribution in [0.3, 0.4) is 0 Å². The number of amides is 2. The Morgan fingerprint density at radius 3 is 2.86 bits per heavy atom. The molecule has 1 fully saturated rings. The van der Waals surface area contributed by atoms with Gasteiger partial charge in [-0.15, -0.1) is 0 Å². The lowest BCUT2D eigenvalue weighted by atomic mass is 10.0. The monoisotopic (exact) mass is 540 g/mol. The Morgan fingerprint density at radius 2 is 1.97 bits per heavy atom. The molecule has 2 aliphatic heterocycles. The number of carbonyl (C=O) groups is 1. The normalized spacial score (nSPS) is 16.5. The second kappa shape index (κ2) is 10.9. The largest absolute Gasteiger partial charge is 0.491 e. The van der Waals surface area contributed by atoms with Crippen molar-refractivity contribution in [2.45, 2.75) is 32.1 Å². The Morgan fingerprint density at radius 1 is 1.06 bits per heavy atom. The fourth-order valence-corrected chi connectivity index (χ4v) is 5.50. The third kappa shape index (κ3) is 5.59. The number of halogens is 1. The van der Waals surface area contributed by atoms with Gasteiger partial charge in [0.1, 0.15) is 11.3 Å². The van der Waals surface area contributed by atoms with Gasteiger partial charge in [0.05, 0.1) is 12.3 Å². The molecule has 0 atom stereocenters. The molecule has 0 saturated carbocycles. The van der Waals surface area contributed by atoms with Crippen molar-refractivity contribution in [3.63, 3.8) is 0 Å². The lowest BCUT2D eigenvalue weighted by molar-refractivity contribution is 0.252. The van der Waals surface area contributed by atoms with E-state index in [9.17, 15) is 4.79 Å². The number of ether oxygens (including phenoxy) is 1. The van der Waals surface area contributed by atoms with Crippen LogP contribution in [0.15, 0.2) is 51.4 Å². The standard InChI is InChI=1S/C27H33BrN4O3/c28-22-9-10-24-21(18-22)19-25(35-24)32(27(29)33)14-2-1-11-30-12-5-13-31(16-15-30)23-8-3-6-20-7-4-17-34-26(20)23/h3,6,8-10,18-19H,1-2,4-5,7,11-17H2,(H2,29,33). The third-order valence-corrected chi connectivity index (χ3v) is 7.44.